The Hall–Kier alpha value is -1.30. The fraction of sp³-hybridized carbons (Fsp3) is 0.588. The lowest BCUT2D eigenvalue weighted by molar-refractivity contribution is 0.135. The second-order valence-electron chi connectivity index (χ2n) is 6.24. The average molecular weight is 339 g/mol. The molecule has 1 N–H and O–H groups in total. The zero-order valence-electron chi connectivity index (χ0n) is 14.1. The van der Waals surface area contributed by atoms with E-state index in [0.717, 1.165) is 62.8 Å². The van der Waals surface area contributed by atoms with E-state index < -0.39 is 0 Å². The van der Waals surface area contributed by atoms with Crippen molar-refractivity contribution in [2.45, 2.75) is 13.0 Å². The van der Waals surface area contributed by atoms with Gasteiger partial charge >= 0.3 is 6.03 Å². The number of halogens is 1. The molecule has 0 saturated carbocycles. The van der Waals surface area contributed by atoms with E-state index in [1.54, 1.807) is 0 Å². The van der Waals surface area contributed by atoms with E-state index in [2.05, 4.69) is 21.2 Å². The van der Waals surface area contributed by atoms with Gasteiger partial charge in [0.25, 0.3) is 0 Å². The molecule has 2 amide bonds. The van der Waals surface area contributed by atoms with Crippen molar-refractivity contribution in [3.05, 3.63) is 34.9 Å². The second-order valence-corrected chi connectivity index (χ2v) is 6.65. The van der Waals surface area contributed by atoms with Crippen molar-refractivity contribution < 1.29 is 4.79 Å². The van der Waals surface area contributed by atoms with E-state index in [0.29, 0.717) is 0 Å². The Kier molecular flexibility index (Phi) is 7.15. The summed E-state index contributed by atoms with van der Waals surface area (Å²) >= 11 is 6.21. The number of carbonyl (C=O) groups excluding carboxylic acids is 1. The predicted molar refractivity (Wildman–Crippen MR) is 94.9 cm³/mol. The van der Waals surface area contributed by atoms with Gasteiger partial charge < -0.3 is 15.1 Å². The van der Waals surface area contributed by atoms with Crippen molar-refractivity contribution in [2.24, 2.45) is 0 Å². The van der Waals surface area contributed by atoms with E-state index >= 15 is 0 Å². The summed E-state index contributed by atoms with van der Waals surface area (Å²) in [5.74, 6) is 0. The molecule has 1 heterocycles. The largest absolute Gasteiger partial charge is 0.338 e. The van der Waals surface area contributed by atoms with Crippen molar-refractivity contribution in [1.29, 1.82) is 0 Å². The average Bonchev–Trinajstić information content (AvgIpc) is 2.54. The Labute approximate surface area is 144 Å². The molecule has 1 aromatic carbocycles. The zero-order valence-corrected chi connectivity index (χ0v) is 14.9. The van der Waals surface area contributed by atoms with E-state index in [-0.39, 0.29) is 6.03 Å². The standard InChI is InChI=1S/C17H27ClN4O/c1-20(2)9-5-8-19-17(23)22-12-10-21(11-13-22)14-15-6-3-4-7-16(15)18/h3-4,6-7H,5,8-14H2,1-2H3,(H,19,23). The van der Waals surface area contributed by atoms with Gasteiger partial charge in [-0.25, -0.2) is 4.79 Å². The van der Waals surface area contributed by atoms with Crippen molar-refractivity contribution in [3.63, 3.8) is 0 Å². The van der Waals surface area contributed by atoms with Crippen molar-refractivity contribution in [3.8, 4) is 0 Å². The summed E-state index contributed by atoms with van der Waals surface area (Å²) in [4.78, 5) is 18.5. The fourth-order valence-electron chi connectivity index (χ4n) is 2.68. The highest BCUT2D eigenvalue weighted by atomic mass is 35.5. The maximum absolute atomic E-state index is 12.1. The van der Waals surface area contributed by atoms with Crippen LogP contribution in [-0.4, -0.2) is 74.1 Å². The van der Waals surface area contributed by atoms with Crippen LogP contribution in [0.4, 0.5) is 4.79 Å². The lowest BCUT2D eigenvalue weighted by Crippen LogP contribution is -2.51. The molecule has 2 rings (SSSR count). The summed E-state index contributed by atoms with van der Waals surface area (Å²) in [6, 6.07) is 8.00. The van der Waals surface area contributed by atoms with Crippen LogP contribution in [-0.2, 0) is 6.54 Å². The molecule has 0 spiro atoms. The summed E-state index contributed by atoms with van der Waals surface area (Å²) in [6.07, 6.45) is 0.977. The van der Waals surface area contributed by atoms with Crippen LogP contribution in [0.2, 0.25) is 5.02 Å². The quantitative estimate of drug-likeness (QED) is 0.807. The number of nitrogens with zero attached hydrogens (tertiary/aromatic N) is 3. The van der Waals surface area contributed by atoms with Crippen molar-refractivity contribution in [2.75, 3.05) is 53.4 Å². The molecule has 128 valence electrons. The van der Waals surface area contributed by atoms with Gasteiger partial charge in [0.15, 0.2) is 0 Å². The van der Waals surface area contributed by atoms with E-state index in [1.807, 2.05) is 37.2 Å². The molecule has 1 fully saturated rings. The number of piperazine rings is 1. The first-order valence-electron chi connectivity index (χ1n) is 8.19. The summed E-state index contributed by atoms with van der Waals surface area (Å²) in [6.45, 7) is 5.88. The van der Waals surface area contributed by atoms with Crippen LogP contribution in [0, 0.1) is 0 Å². The van der Waals surface area contributed by atoms with Crippen LogP contribution in [0.25, 0.3) is 0 Å². The molecule has 0 radical (unpaired) electrons. The molecule has 0 aliphatic carbocycles. The van der Waals surface area contributed by atoms with Gasteiger partial charge in [-0.3, -0.25) is 4.90 Å². The lowest BCUT2D eigenvalue weighted by Gasteiger charge is -2.34. The smallest absolute Gasteiger partial charge is 0.317 e. The predicted octanol–water partition coefficient (Wildman–Crippen LogP) is 2.12. The minimum absolute atomic E-state index is 0.0566. The molecule has 0 aromatic heterocycles. The molecule has 23 heavy (non-hydrogen) atoms. The highest BCUT2D eigenvalue weighted by Crippen LogP contribution is 2.17. The maximum Gasteiger partial charge on any atom is 0.317 e. The Morgan fingerprint density at radius 3 is 2.57 bits per heavy atom. The molecule has 1 saturated heterocycles. The molecule has 1 aliphatic rings. The molecule has 1 aliphatic heterocycles. The number of rotatable bonds is 6. The minimum atomic E-state index is 0.0566. The van der Waals surface area contributed by atoms with Crippen molar-refractivity contribution in [1.82, 2.24) is 20.0 Å². The van der Waals surface area contributed by atoms with Crippen LogP contribution in [0.1, 0.15) is 12.0 Å². The third-order valence-corrected chi connectivity index (χ3v) is 4.44. The van der Waals surface area contributed by atoms with Crippen LogP contribution < -0.4 is 5.32 Å². The first-order chi connectivity index (χ1) is 11.1. The molecule has 0 atom stereocenters. The molecule has 0 unspecified atom stereocenters. The molecule has 0 bridgehead atoms. The number of carbonyl (C=O) groups is 1. The highest BCUT2D eigenvalue weighted by Gasteiger charge is 2.21. The van der Waals surface area contributed by atoms with Crippen molar-refractivity contribution >= 4 is 17.6 Å². The lowest BCUT2D eigenvalue weighted by atomic mass is 10.2. The molecule has 6 heteroatoms. The molecular weight excluding hydrogens is 312 g/mol. The van der Waals surface area contributed by atoms with Gasteiger partial charge in [-0.15, -0.1) is 0 Å². The third-order valence-electron chi connectivity index (χ3n) is 4.07. The maximum atomic E-state index is 12.1. The zero-order chi connectivity index (χ0) is 16.7. The van der Waals surface area contributed by atoms with Crippen LogP contribution in [0.15, 0.2) is 24.3 Å². The summed E-state index contributed by atoms with van der Waals surface area (Å²) < 4.78 is 0. The SMILES string of the molecule is CN(C)CCCNC(=O)N1CCN(Cc2ccccc2Cl)CC1. The minimum Gasteiger partial charge on any atom is -0.338 e. The summed E-state index contributed by atoms with van der Waals surface area (Å²) in [5.41, 5.74) is 1.15. The number of nitrogens with one attached hydrogen (secondary N) is 1. The van der Waals surface area contributed by atoms with Gasteiger partial charge in [0.05, 0.1) is 0 Å². The summed E-state index contributed by atoms with van der Waals surface area (Å²) in [7, 11) is 4.08. The number of hydrogen-bond donors (Lipinski definition) is 1. The summed E-state index contributed by atoms with van der Waals surface area (Å²) in [5, 5.41) is 3.82. The van der Waals surface area contributed by atoms with Gasteiger partial charge in [0, 0.05) is 44.3 Å². The number of hydrogen-bond acceptors (Lipinski definition) is 3. The molecule has 1 aromatic rings. The van der Waals surface area contributed by atoms with Gasteiger partial charge in [-0.1, -0.05) is 29.8 Å². The Bertz CT molecular complexity index is 501. The number of benzene rings is 1. The van der Waals surface area contributed by atoms with E-state index in [9.17, 15) is 4.79 Å². The fourth-order valence-corrected chi connectivity index (χ4v) is 2.87. The molecule has 5 nitrogen and oxygen atoms in total. The Morgan fingerprint density at radius 1 is 1.22 bits per heavy atom. The van der Waals surface area contributed by atoms with Crippen LogP contribution in [0.3, 0.4) is 0 Å². The second kappa shape index (κ2) is 9.11. The van der Waals surface area contributed by atoms with Gasteiger partial charge in [0.1, 0.15) is 0 Å². The Morgan fingerprint density at radius 2 is 1.91 bits per heavy atom. The Balaban J connectivity index is 1.69. The number of urea groups is 1. The first kappa shape index (κ1) is 18.0. The van der Waals surface area contributed by atoms with E-state index in [4.69, 9.17) is 11.6 Å². The highest BCUT2D eigenvalue weighted by molar-refractivity contribution is 6.31. The monoisotopic (exact) mass is 338 g/mol. The first-order valence-corrected chi connectivity index (χ1v) is 8.57. The van der Waals surface area contributed by atoms with Gasteiger partial charge in [-0.2, -0.15) is 0 Å². The van der Waals surface area contributed by atoms with Crippen LogP contribution in [0.5, 0.6) is 0 Å². The van der Waals surface area contributed by atoms with E-state index in [1.165, 1.54) is 0 Å². The topological polar surface area (TPSA) is 38.8 Å². The van der Waals surface area contributed by atoms with Gasteiger partial charge in [0.2, 0.25) is 0 Å². The number of amides is 2. The normalized spacial score (nSPS) is 15.9. The van der Waals surface area contributed by atoms with Gasteiger partial charge in [-0.05, 0) is 38.7 Å². The van der Waals surface area contributed by atoms with Crippen LogP contribution >= 0.6 is 11.6 Å². The molecular formula is C17H27ClN4O. The third kappa shape index (κ3) is 6.01.